The summed E-state index contributed by atoms with van der Waals surface area (Å²) in [5.74, 6) is -1.04. The minimum absolute atomic E-state index is 0.0615. The molecule has 1 aromatic carbocycles. The molecule has 0 radical (unpaired) electrons. The largest absolute Gasteiger partial charge is 0.478 e. The van der Waals surface area contributed by atoms with Crippen molar-refractivity contribution >= 4 is 17.6 Å². The number of aryl methyl sites for hydroxylation is 1. The van der Waals surface area contributed by atoms with E-state index in [1.165, 1.54) is 12.1 Å². The summed E-state index contributed by atoms with van der Waals surface area (Å²) in [7, 11) is 0. The molecule has 0 aliphatic heterocycles. The molecule has 0 saturated heterocycles. The fourth-order valence-electron chi connectivity index (χ4n) is 1.85. The van der Waals surface area contributed by atoms with E-state index < -0.39 is 11.9 Å². The quantitative estimate of drug-likeness (QED) is 0.790. The topological polar surface area (TPSA) is 106 Å². The van der Waals surface area contributed by atoms with Crippen LogP contribution in [0.4, 0.5) is 5.69 Å². The first-order chi connectivity index (χ1) is 9.52. The van der Waals surface area contributed by atoms with Crippen LogP contribution in [0.2, 0.25) is 0 Å². The van der Waals surface area contributed by atoms with E-state index in [2.05, 4.69) is 5.32 Å². The summed E-state index contributed by atoms with van der Waals surface area (Å²) >= 11 is 0. The number of carbonyl (C=O) groups excluding carboxylic acids is 1. The minimum Gasteiger partial charge on any atom is -0.478 e. The molecule has 0 fully saturated rings. The number of nitrogens with one attached hydrogen (secondary N) is 1. The fraction of sp³-hybridized carbons (Fsp3) is 0.143. The number of furan rings is 1. The van der Waals surface area contributed by atoms with Crippen LogP contribution in [0.1, 0.15) is 32.2 Å². The monoisotopic (exact) mass is 274 g/mol. The van der Waals surface area contributed by atoms with Crippen molar-refractivity contribution in [2.75, 3.05) is 5.32 Å². The van der Waals surface area contributed by atoms with Gasteiger partial charge >= 0.3 is 5.97 Å². The van der Waals surface area contributed by atoms with Gasteiger partial charge in [-0.05, 0) is 30.7 Å². The lowest BCUT2D eigenvalue weighted by Crippen LogP contribution is -2.15. The highest BCUT2D eigenvalue weighted by Gasteiger charge is 2.17. The van der Waals surface area contributed by atoms with E-state index in [1.54, 1.807) is 25.1 Å². The van der Waals surface area contributed by atoms with Crippen molar-refractivity contribution in [2.45, 2.75) is 13.5 Å². The van der Waals surface area contributed by atoms with Crippen LogP contribution in [-0.4, -0.2) is 17.0 Å². The van der Waals surface area contributed by atoms with Gasteiger partial charge in [-0.15, -0.1) is 0 Å². The summed E-state index contributed by atoms with van der Waals surface area (Å²) in [5.41, 5.74) is 6.25. The van der Waals surface area contributed by atoms with Gasteiger partial charge < -0.3 is 20.6 Å². The van der Waals surface area contributed by atoms with E-state index in [0.29, 0.717) is 11.3 Å². The van der Waals surface area contributed by atoms with E-state index in [-0.39, 0.29) is 23.6 Å². The number of aromatic carboxylic acids is 1. The first-order valence-electron chi connectivity index (χ1n) is 5.96. The van der Waals surface area contributed by atoms with Gasteiger partial charge in [-0.25, -0.2) is 4.79 Å². The number of benzene rings is 1. The average Bonchev–Trinajstić information content (AvgIpc) is 2.87. The standard InChI is InChI=1S/C14H14N2O4/c1-8-3-2-4-10(12(8)14(18)19)16-13(17)11-6-5-9(7-15)20-11/h2-6H,7,15H2,1H3,(H,16,17)(H,18,19). The van der Waals surface area contributed by atoms with E-state index in [0.717, 1.165) is 0 Å². The van der Waals surface area contributed by atoms with Crippen molar-refractivity contribution in [3.63, 3.8) is 0 Å². The Balaban J connectivity index is 2.28. The normalized spacial score (nSPS) is 10.3. The second-order valence-electron chi connectivity index (χ2n) is 4.23. The Hall–Kier alpha value is -2.60. The maximum Gasteiger partial charge on any atom is 0.338 e. The molecule has 20 heavy (non-hydrogen) atoms. The molecular weight excluding hydrogens is 260 g/mol. The minimum atomic E-state index is -1.10. The van der Waals surface area contributed by atoms with Gasteiger partial charge in [0.1, 0.15) is 5.76 Å². The zero-order chi connectivity index (χ0) is 14.7. The number of hydrogen-bond donors (Lipinski definition) is 3. The first kappa shape index (κ1) is 13.8. The number of carboxylic acids is 1. The summed E-state index contributed by atoms with van der Waals surface area (Å²) in [5, 5.41) is 11.7. The summed E-state index contributed by atoms with van der Waals surface area (Å²) < 4.78 is 5.21. The Bertz CT molecular complexity index is 661. The molecule has 0 bridgehead atoms. The summed E-state index contributed by atoms with van der Waals surface area (Å²) in [6.07, 6.45) is 0. The Morgan fingerprint density at radius 3 is 2.65 bits per heavy atom. The number of nitrogens with two attached hydrogens (primary N) is 1. The van der Waals surface area contributed by atoms with Gasteiger partial charge in [0, 0.05) is 0 Å². The van der Waals surface area contributed by atoms with Crippen molar-refractivity contribution < 1.29 is 19.1 Å². The van der Waals surface area contributed by atoms with Crippen molar-refractivity contribution in [3.8, 4) is 0 Å². The second-order valence-corrected chi connectivity index (χ2v) is 4.23. The Kier molecular flexibility index (Phi) is 3.86. The van der Waals surface area contributed by atoms with Crippen LogP contribution in [0.3, 0.4) is 0 Å². The molecule has 0 unspecified atom stereocenters. The van der Waals surface area contributed by atoms with Crippen LogP contribution in [0, 0.1) is 6.92 Å². The molecule has 104 valence electrons. The number of carbonyl (C=O) groups is 2. The highest BCUT2D eigenvalue weighted by atomic mass is 16.4. The van der Waals surface area contributed by atoms with Gasteiger partial charge in [-0.3, -0.25) is 4.79 Å². The van der Waals surface area contributed by atoms with Gasteiger partial charge in [-0.1, -0.05) is 12.1 Å². The molecule has 2 aromatic rings. The third-order valence-electron chi connectivity index (χ3n) is 2.82. The lowest BCUT2D eigenvalue weighted by atomic mass is 10.1. The van der Waals surface area contributed by atoms with Gasteiger partial charge in [0.25, 0.3) is 5.91 Å². The Morgan fingerprint density at radius 2 is 2.05 bits per heavy atom. The summed E-state index contributed by atoms with van der Waals surface area (Å²) in [6.45, 7) is 1.86. The molecule has 6 nitrogen and oxygen atoms in total. The summed E-state index contributed by atoms with van der Waals surface area (Å²) in [4.78, 5) is 23.2. The number of carboxylic acid groups (broad SMARTS) is 1. The SMILES string of the molecule is Cc1cccc(NC(=O)c2ccc(CN)o2)c1C(=O)O. The van der Waals surface area contributed by atoms with Crippen LogP contribution in [0.25, 0.3) is 0 Å². The maximum atomic E-state index is 12.0. The van der Waals surface area contributed by atoms with Crippen molar-refractivity contribution in [2.24, 2.45) is 5.73 Å². The molecule has 0 saturated carbocycles. The zero-order valence-electron chi connectivity index (χ0n) is 10.8. The zero-order valence-corrected chi connectivity index (χ0v) is 10.8. The third-order valence-corrected chi connectivity index (χ3v) is 2.82. The van der Waals surface area contributed by atoms with Crippen LogP contribution in [-0.2, 0) is 6.54 Å². The summed E-state index contributed by atoms with van der Waals surface area (Å²) in [6, 6.07) is 7.96. The highest BCUT2D eigenvalue weighted by Crippen LogP contribution is 2.20. The molecule has 1 aromatic heterocycles. The third kappa shape index (κ3) is 2.70. The van der Waals surface area contributed by atoms with Crippen molar-refractivity contribution in [3.05, 3.63) is 53.0 Å². The van der Waals surface area contributed by atoms with Gasteiger partial charge in [-0.2, -0.15) is 0 Å². The fourth-order valence-corrected chi connectivity index (χ4v) is 1.85. The number of hydrogen-bond acceptors (Lipinski definition) is 4. The Morgan fingerprint density at radius 1 is 1.30 bits per heavy atom. The molecule has 1 amide bonds. The van der Waals surface area contributed by atoms with Crippen LogP contribution in [0.15, 0.2) is 34.7 Å². The van der Waals surface area contributed by atoms with E-state index >= 15 is 0 Å². The average molecular weight is 274 g/mol. The van der Waals surface area contributed by atoms with Crippen LogP contribution < -0.4 is 11.1 Å². The number of anilines is 1. The van der Waals surface area contributed by atoms with Gasteiger partial charge in [0.05, 0.1) is 17.8 Å². The molecule has 2 rings (SSSR count). The first-order valence-corrected chi connectivity index (χ1v) is 5.96. The predicted octanol–water partition coefficient (Wildman–Crippen LogP) is 2.00. The Labute approximate surface area is 115 Å². The van der Waals surface area contributed by atoms with Gasteiger partial charge in [0.2, 0.25) is 0 Å². The molecular formula is C14H14N2O4. The van der Waals surface area contributed by atoms with Crippen LogP contribution in [0.5, 0.6) is 0 Å². The molecule has 0 atom stereocenters. The molecule has 1 heterocycles. The lowest BCUT2D eigenvalue weighted by molar-refractivity contribution is 0.0697. The molecule has 4 N–H and O–H groups in total. The molecule has 0 aliphatic rings. The van der Waals surface area contributed by atoms with E-state index in [9.17, 15) is 14.7 Å². The van der Waals surface area contributed by atoms with E-state index in [4.69, 9.17) is 10.2 Å². The number of amides is 1. The van der Waals surface area contributed by atoms with Gasteiger partial charge in [0.15, 0.2) is 5.76 Å². The smallest absolute Gasteiger partial charge is 0.338 e. The lowest BCUT2D eigenvalue weighted by Gasteiger charge is -2.09. The molecule has 0 aliphatic carbocycles. The highest BCUT2D eigenvalue weighted by molar-refractivity contribution is 6.06. The maximum absolute atomic E-state index is 12.0. The second kappa shape index (κ2) is 5.58. The number of rotatable bonds is 4. The molecule has 6 heteroatoms. The van der Waals surface area contributed by atoms with Crippen molar-refractivity contribution in [1.29, 1.82) is 0 Å². The molecule has 0 spiro atoms. The van der Waals surface area contributed by atoms with E-state index in [1.807, 2.05) is 0 Å². The van der Waals surface area contributed by atoms with Crippen molar-refractivity contribution in [1.82, 2.24) is 0 Å². The van der Waals surface area contributed by atoms with Crippen LogP contribution >= 0.6 is 0 Å². The predicted molar refractivity (Wildman–Crippen MR) is 72.7 cm³/mol.